The maximum Gasteiger partial charge on any atom is 0.325 e. The van der Waals surface area contributed by atoms with Crippen molar-refractivity contribution in [1.29, 1.82) is 0 Å². The number of anilines is 2. The van der Waals surface area contributed by atoms with Gasteiger partial charge in [-0.2, -0.15) is 0 Å². The van der Waals surface area contributed by atoms with Gasteiger partial charge in [-0.15, -0.1) is 0 Å². The van der Waals surface area contributed by atoms with Crippen molar-refractivity contribution in [2.45, 2.75) is 0 Å². The zero-order valence-corrected chi connectivity index (χ0v) is 7.53. The van der Waals surface area contributed by atoms with Crippen LogP contribution in [0.5, 0.6) is 0 Å². The highest BCUT2D eigenvalue weighted by atomic mass is 16.5. The minimum Gasteiger partial charge on any atom is -0.468 e. The Labute approximate surface area is 79.3 Å². The first-order valence-corrected chi connectivity index (χ1v) is 3.79. The number of carbonyl (C=O) groups excluding carboxylic acids is 1. The standard InChI is InChI=1S/C7H10N4O3/c1-14-4(12)2-9-6-5(8)7(13)11-3-10-6/h3H,2,8H2,1H3,(H2,9,10,11,13). The molecule has 0 amide bonds. The molecule has 0 aromatic carbocycles. The van der Waals surface area contributed by atoms with Crippen LogP contribution in [0.15, 0.2) is 11.1 Å². The van der Waals surface area contributed by atoms with Gasteiger partial charge >= 0.3 is 5.97 Å². The summed E-state index contributed by atoms with van der Waals surface area (Å²) in [6, 6.07) is 0. The molecule has 0 aliphatic heterocycles. The minimum atomic E-state index is -0.466. The van der Waals surface area contributed by atoms with Gasteiger partial charge in [-0.3, -0.25) is 9.59 Å². The molecule has 0 aliphatic carbocycles. The van der Waals surface area contributed by atoms with Gasteiger partial charge in [0.15, 0.2) is 5.82 Å². The van der Waals surface area contributed by atoms with Crippen molar-refractivity contribution < 1.29 is 9.53 Å². The van der Waals surface area contributed by atoms with E-state index in [0.29, 0.717) is 0 Å². The number of hydrogen-bond donors (Lipinski definition) is 3. The van der Waals surface area contributed by atoms with E-state index in [4.69, 9.17) is 5.73 Å². The lowest BCUT2D eigenvalue weighted by atomic mass is 10.4. The fourth-order valence-electron chi connectivity index (χ4n) is 0.779. The Balaban J connectivity index is 2.73. The van der Waals surface area contributed by atoms with Crippen molar-refractivity contribution in [2.24, 2.45) is 0 Å². The number of methoxy groups -OCH3 is 1. The average Bonchev–Trinajstić information content (AvgIpc) is 2.20. The number of nitrogens with zero attached hydrogens (tertiary/aromatic N) is 1. The predicted molar refractivity (Wildman–Crippen MR) is 49.8 cm³/mol. The number of aromatic amines is 1. The van der Waals surface area contributed by atoms with E-state index in [9.17, 15) is 9.59 Å². The van der Waals surface area contributed by atoms with Crippen molar-refractivity contribution in [3.05, 3.63) is 16.7 Å². The van der Waals surface area contributed by atoms with Crippen LogP contribution in [0.4, 0.5) is 11.5 Å². The SMILES string of the molecule is COC(=O)CNc1nc[nH]c(=O)c1N. The zero-order valence-electron chi connectivity index (χ0n) is 7.53. The first-order chi connectivity index (χ1) is 6.65. The molecule has 0 fully saturated rings. The van der Waals surface area contributed by atoms with Crippen LogP contribution >= 0.6 is 0 Å². The molecule has 4 N–H and O–H groups in total. The maximum absolute atomic E-state index is 11.0. The van der Waals surface area contributed by atoms with E-state index in [0.717, 1.165) is 0 Å². The Hall–Kier alpha value is -2.05. The maximum atomic E-state index is 11.0. The van der Waals surface area contributed by atoms with Gasteiger partial charge in [0.25, 0.3) is 5.56 Å². The Morgan fingerprint density at radius 2 is 2.50 bits per heavy atom. The number of nitrogen functional groups attached to an aromatic ring is 1. The highest BCUT2D eigenvalue weighted by molar-refractivity contribution is 5.75. The quantitative estimate of drug-likeness (QED) is 0.534. The molecule has 0 spiro atoms. The van der Waals surface area contributed by atoms with Gasteiger partial charge in [0.1, 0.15) is 12.2 Å². The minimum absolute atomic E-state index is 0.0589. The van der Waals surface area contributed by atoms with Gasteiger partial charge in [0, 0.05) is 0 Å². The van der Waals surface area contributed by atoms with Crippen molar-refractivity contribution in [1.82, 2.24) is 9.97 Å². The first kappa shape index (κ1) is 10.0. The normalized spacial score (nSPS) is 9.50. The summed E-state index contributed by atoms with van der Waals surface area (Å²) >= 11 is 0. The number of hydrogen-bond acceptors (Lipinski definition) is 6. The van der Waals surface area contributed by atoms with E-state index < -0.39 is 11.5 Å². The molecule has 1 aromatic rings. The third-order valence-electron chi connectivity index (χ3n) is 1.52. The fraction of sp³-hybridized carbons (Fsp3) is 0.286. The highest BCUT2D eigenvalue weighted by Gasteiger charge is 2.05. The lowest BCUT2D eigenvalue weighted by molar-refractivity contribution is -0.138. The second-order valence-electron chi connectivity index (χ2n) is 2.42. The molecular formula is C7H10N4O3. The molecule has 7 nitrogen and oxygen atoms in total. The van der Waals surface area contributed by atoms with Crippen LogP contribution in [0.25, 0.3) is 0 Å². The first-order valence-electron chi connectivity index (χ1n) is 3.79. The van der Waals surface area contributed by atoms with Crippen LogP contribution < -0.4 is 16.6 Å². The molecule has 14 heavy (non-hydrogen) atoms. The van der Waals surface area contributed by atoms with Crippen LogP contribution in [0.3, 0.4) is 0 Å². The molecule has 1 aromatic heterocycles. The Morgan fingerprint density at radius 3 is 3.14 bits per heavy atom. The second-order valence-corrected chi connectivity index (χ2v) is 2.42. The summed E-state index contributed by atoms with van der Waals surface area (Å²) in [4.78, 5) is 27.8. The molecule has 1 rings (SSSR count). The molecule has 0 saturated carbocycles. The number of esters is 1. The van der Waals surface area contributed by atoms with E-state index in [2.05, 4.69) is 20.0 Å². The third-order valence-corrected chi connectivity index (χ3v) is 1.52. The third kappa shape index (κ3) is 2.22. The summed E-state index contributed by atoms with van der Waals surface area (Å²) in [6.07, 6.45) is 1.19. The number of H-pyrrole nitrogens is 1. The van der Waals surface area contributed by atoms with Gasteiger partial charge in [-0.1, -0.05) is 0 Å². The molecule has 0 bridgehead atoms. The monoisotopic (exact) mass is 198 g/mol. The molecule has 0 radical (unpaired) electrons. The van der Waals surface area contributed by atoms with E-state index in [-0.39, 0.29) is 18.1 Å². The van der Waals surface area contributed by atoms with Gasteiger partial charge in [-0.25, -0.2) is 4.98 Å². The summed E-state index contributed by atoms with van der Waals surface area (Å²) in [7, 11) is 1.26. The van der Waals surface area contributed by atoms with Crippen molar-refractivity contribution in [3.8, 4) is 0 Å². The van der Waals surface area contributed by atoms with Crippen molar-refractivity contribution in [3.63, 3.8) is 0 Å². The van der Waals surface area contributed by atoms with E-state index in [1.807, 2.05) is 0 Å². The van der Waals surface area contributed by atoms with Crippen molar-refractivity contribution in [2.75, 3.05) is 24.7 Å². The number of ether oxygens (including phenoxy) is 1. The van der Waals surface area contributed by atoms with Crippen LogP contribution in [-0.4, -0.2) is 29.6 Å². The molecule has 0 unspecified atom stereocenters. The smallest absolute Gasteiger partial charge is 0.325 e. The van der Waals surface area contributed by atoms with Crippen LogP contribution in [0.1, 0.15) is 0 Å². The van der Waals surface area contributed by atoms with Crippen LogP contribution in [0, 0.1) is 0 Å². The largest absolute Gasteiger partial charge is 0.468 e. The van der Waals surface area contributed by atoms with E-state index >= 15 is 0 Å². The lowest BCUT2D eigenvalue weighted by Gasteiger charge is -2.04. The molecule has 0 aliphatic rings. The summed E-state index contributed by atoms with van der Waals surface area (Å²) in [5.74, 6) is -0.300. The lowest BCUT2D eigenvalue weighted by Crippen LogP contribution is -2.20. The Morgan fingerprint density at radius 1 is 1.79 bits per heavy atom. The molecule has 0 atom stereocenters. The Bertz CT molecular complexity index is 387. The average molecular weight is 198 g/mol. The molecular weight excluding hydrogens is 188 g/mol. The topological polar surface area (TPSA) is 110 Å². The fourth-order valence-corrected chi connectivity index (χ4v) is 0.779. The van der Waals surface area contributed by atoms with Gasteiger partial charge in [0.05, 0.1) is 13.4 Å². The zero-order chi connectivity index (χ0) is 10.6. The van der Waals surface area contributed by atoms with Gasteiger partial charge in [-0.05, 0) is 0 Å². The highest BCUT2D eigenvalue weighted by Crippen LogP contribution is 2.05. The van der Waals surface area contributed by atoms with E-state index in [1.165, 1.54) is 13.4 Å². The summed E-state index contributed by atoms with van der Waals surface area (Å²) in [5.41, 5.74) is 4.88. The number of rotatable bonds is 3. The predicted octanol–water partition coefficient (Wildman–Crippen LogP) is -1.06. The summed E-state index contributed by atoms with van der Waals surface area (Å²) in [5, 5.41) is 2.57. The van der Waals surface area contributed by atoms with Crippen LogP contribution in [0.2, 0.25) is 0 Å². The molecule has 76 valence electrons. The van der Waals surface area contributed by atoms with E-state index in [1.54, 1.807) is 0 Å². The summed E-state index contributed by atoms with van der Waals surface area (Å²) in [6.45, 7) is -0.0862. The molecule has 1 heterocycles. The number of carbonyl (C=O) groups is 1. The molecule has 7 heteroatoms. The summed E-state index contributed by atoms with van der Waals surface area (Å²) < 4.78 is 4.39. The second kappa shape index (κ2) is 4.26. The van der Waals surface area contributed by atoms with Gasteiger partial charge < -0.3 is 20.8 Å². The Kier molecular flexibility index (Phi) is 3.05. The van der Waals surface area contributed by atoms with Crippen molar-refractivity contribution >= 4 is 17.5 Å². The number of aromatic nitrogens is 2. The van der Waals surface area contributed by atoms with Crippen LogP contribution in [-0.2, 0) is 9.53 Å². The van der Waals surface area contributed by atoms with Gasteiger partial charge in [0.2, 0.25) is 0 Å². The number of nitrogens with two attached hydrogens (primary N) is 1. The number of nitrogens with one attached hydrogen (secondary N) is 2. The molecule has 0 saturated heterocycles.